The Labute approximate surface area is 397 Å². The summed E-state index contributed by atoms with van der Waals surface area (Å²) < 4.78 is 0. The smallest absolute Gasteiger partial charge is 0.277 e. The molecule has 12 heteroatoms. The second-order valence-electron chi connectivity index (χ2n) is 18.5. The van der Waals surface area contributed by atoms with E-state index >= 15 is 0 Å². The number of benzene rings is 4. The van der Waals surface area contributed by atoms with Gasteiger partial charge in [0.2, 0.25) is 0 Å². The Morgan fingerprint density at radius 3 is 1.53 bits per heavy atom. The number of anilines is 4. The Morgan fingerprint density at radius 1 is 0.500 bits per heavy atom. The molecule has 2 fully saturated rings. The molecule has 12 nitrogen and oxygen atoms in total. The largest absolute Gasteiger partial charge is 0.368 e. The van der Waals surface area contributed by atoms with Gasteiger partial charge in [-0.1, -0.05) is 54.6 Å². The Balaban J connectivity index is 0.000000149. The monoisotopic (exact) mass is 902 g/mol. The summed E-state index contributed by atoms with van der Waals surface area (Å²) in [7, 11) is 0. The highest BCUT2D eigenvalue weighted by Gasteiger charge is 2.35. The van der Waals surface area contributed by atoms with Crippen molar-refractivity contribution in [1.29, 1.82) is 0 Å². The van der Waals surface area contributed by atoms with E-state index in [1.807, 2.05) is 64.7 Å². The van der Waals surface area contributed by atoms with Crippen LogP contribution in [0, 0.1) is 0 Å². The van der Waals surface area contributed by atoms with E-state index in [0.29, 0.717) is 11.3 Å². The van der Waals surface area contributed by atoms with E-state index in [9.17, 15) is 9.59 Å². The minimum absolute atomic E-state index is 0.00415. The topological polar surface area (TPSA) is 111 Å². The molecule has 0 aliphatic carbocycles. The van der Waals surface area contributed by atoms with Crippen LogP contribution in [-0.4, -0.2) is 119 Å². The van der Waals surface area contributed by atoms with Crippen LogP contribution in [0.15, 0.2) is 158 Å². The van der Waals surface area contributed by atoms with Crippen molar-refractivity contribution in [2.24, 2.45) is 0 Å². The fourth-order valence-electron chi connectivity index (χ4n) is 11.0. The van der Waals surface area contributed by atoms with Crippen LogP contribution in [-0.2, 0) is 12.8 Å². The lowest BCUT2D eigenvalue weighted by atomic mass is 9.94. The fraction of sp³-hybridized carbons (Fsp3) is 0.286. The highest BCUT2D eigenvalue weighted by molar-refractivity contribution is 6.07. The number of pyridine rings is 2. The van der Waals surface area contributed by atoms with Crippen molar-refractivity contribution in [2.45, 2.75) is 37.8 Å². The number of amides is 2. The highest BCUT2D eigenvalue weighted by atomic mass is 16.2. The van der Waals surface area contributed by atoms with Gasteiger partial charge in [0.05, 0.1) is 17.6 Å². The molecule has 68 heavy (non-hydrogen) atoms. The number of hydrogen-bond donors (Lipinski definition) is 2. The maximum absolute atomic E-state index is 13.6. The third-order valence-electron chi connectivity index (χ3n) is 14.5. The van der Waals surface area contributed by atoms with Gasteiger partial charge in [-0.25, -0.2) is 0 Å². The van der Waals surface area contributed by atoms with Gasteiger partial charge >= 0.3 is 0 Å². The van der Waals surface area contributed by atoms with Gasteiger partial charge in [0.15, 0.2) is 0 Å². The van der Waals surface area contributed by atoms with E-state index in [2.05, 4.69) is 124 Å². The Morgan fingerprint density at radius 2 is 1.01 bits per heavy atom. The summed E-state index contributed by atoms with van der Waals surface area (Å²) in [6, 6.07) is 43.5. The zero-order valence-electron chi connectivity index (χ0n) is 38.5. The number of aromatic amines is 2. The summed E-state index contributed by atoms with van der Waals surface area (Å²) in [6.45, 7) is 9.70. The maximum Gasteiger partial charge on any atom is 0.277 e. The first-order valence-electron chi connectivity index (χ1n) is 24.3. The summed E-state index contributed by atoms with van der Waals surface area (Å²) in [6.07, 6.45) is 13.1. The molecule has 2 amide bonds. The Kier molecular flexibility index (Phi) is 12.4. The van der Waals surface area contributed by atoms with E-state index in [1.54, 1.807) is 18.6 Å². The molecule has 2 N–H and O–H groups in total. The predicted molar refractivity (Wildman–Crippen MR) is 273 cm³/mol. The second kappa shape index (κ2) is 19.5. The number of rotatable bonds is 8. The van der Waals surface area contributed by atoms with Gasteiger partial charge in [0, 0.05) is 141 Å². The number of carbonyl (C=O) groups excluding carboxylic acids is 2. The average molecular weight is 903 g/mol. The normalized spacial score (nSPS) is 18.8. The molecular formula is C56H58N10O2. The van der Waals surface area contributed by atoms with Crippen LogP contribution in [0.5, 0.6) is 0 Å². The first-order chi connectivity index (χ1) is 33.6. The molecule has 0 spiro atoms. The van der Waals surface area contributed by atoms with Crippen LogP contribution in [0.3, 0.4) is 0 Å². The molecule has 4 aromatic carbocycles. The molecule has 8 aromatic rings. The van der Waals surface area contributed by atoms with Crippen LogP contribution in [0.4, 0.5) is 22.7 Å². The number of nitrogens with one attached hydrogen (secondary N) is 2. The van der Waals surface area contributed by atoms with Crippen LogP contribution in [0.1, 0.15) is 44.8 Å². The molecule has 4 aliphatic rings. The highest BCUT2D eigenvalue weighted by Crippen LogP contribution is 2.35. The van der Waals surface area contributed by atoms with Crippen LogP contribution >= 0.6 is 0 Å². The Hall–Kier alpha value is -7.28. The van der Waals surface area contributed by atoms with Crippen molar-refractivity contribution in [3.63, 3.8) is 0 Å². The first kappa shape index (κ1) is 43.3. The second-order valence-corrected chi connectivity index (χ2v) is 18.5. The lowest BCUT2D eigenvalue weighted by Gasteiger charge is -2.42. The van der Waals surface area contributed by atoms with Crippen molar-refractivity contribution < 1.29 is 9.59 Å². The van der Waals surface area contributed by atoms with Crippen molar-refractivity contribution in [1.82, 2.24) is 29.7 Å². The standard InChI is InChI=1S/2C28H29N5O/c34-28(22-6-4-13-29-19-22)33-23(11-10-21-5-1-2-8-26(21)33)20-31-15-17-32(18-16-31)27-9-3-7-25-24(27)12-14-30-25;34-28(25-7-3-4-14-29-25)33-22(12-11-21-6-1-2-9-26(21)33)20-31-16-18-32(19-17-31)27-10-5-8-24-23(27)13-15-30-24/h1-9,12-14,19,23,30H,10-11,15-18,20H2;1-10,13-15,22,30H,11-12,16-20H2. The number of aryl methyl sites for hydroxylation is 2. The average Bonchev–Trinajstić information content (AvgIpc) is 4.10. The SMILES string of the molecule is O=C(c1ccccn1)N1c2ccccc2CCC1CN1CCN(c2cccc3[nH]ccc23)CC1.O=C(c1cccnc1)N1c2ccccc2CCC1CN1CCN(c2cccc3[nH]ccc23)CC1. The van der Waals surface area contributed by atoms with Crippen molar-refractivity contribution in [3.05, 3.63) is 181 Å². The van der Waals surface area contributed by atoms with Crippen molar-refractivity contribution in [2.75, 3.05) is 85.0 Å². The van der Waals surface area contributed by atoms with E-state index in [0.717, 1.165) is 103 Å². The zero-order valence-corrected chi connectivity index (χ0v) is 38.5. The first-order valence-corrected chi connectivity index (χ1v) is 24.3. The summed E-state index contributed by atoms with van der Waals surface area (Å²) in [5, 5.41) is 2.57. The quantitative estimate of drug-likeness (QED) is 0.156. The summed E-state index contributed by atoms with van der Waals surface area (Å²) in [4.78, 5) is 56.4. The molecule has 344 valence electrons. The van der Waals surface area contributed by atoms with Gasteiger partial charge in [-0.3, -0.25) is 29.4 Å². The molecule has 0 saturated carbocycles. The number of nitrogens with zero attached hydrogens (tertiary/aromatic N) is 8. The molecule has 12 rings (SSSR count). The van der Waals surface area contributed by atoms with Gasteiger partial charge in [-0.2, -0.15) is 0 Å². The van der Waals surface area contributed by atoms with Crippen LogP contribution in [0.2, 0.25) is 0 Å². The Bertz CT molecular complexity index is 2790. The molecule has 2 unspecified atom stereocenters. The molecule has 0 radical (unpaired) electrons. The molecular weight excluding hydrogens is 845 g/mol. The number of hydrogen-bond acceptors (Lipinski definition) is 8. The van der Waals surface area contributed by atoms with Crippen molar-refractivity contribution in [3.8, 4) is 0 Å². The van der Waals surface area contributed by atoms with E-state index in [-0.39, 0.29) is 23.9 Å². The lowest BCUT2D eigenvalue weighted by Crippen LogP contribution is -2.54. The van der Waals surface area contributed by atoms with Crippen molar-refractivity contribution >= 4 is 56.4 Å². The van der Waals surface area contributed by atoms with Gasteiger partial charge in [0.25, 0.3) is 11.8 Å². The number of piperazine rings is 2. The minimum atomic E-state index is -0.00415. The molecule has 4 aromatic heterocycles. The number of para-hydroxylation sites is 2. The summed E-state index contributed by atoms with van der Waals surface area (Å²) in [5.74, 6) is 0.0403. The minimum Gasteiger partial charge on any atom is -0.368 e. The number of H-pyrrole nitrogens is 2. The molecule has 4 aliphatic heterocycles. The van der Waals surface area contributed by atoms with Gasteiger partial charge in [-0.05, 0) is 110 Å². The number of aromatic nitrogens is 4. The van der Waals surface area contributed by atoms with Gasteiger partial charge in [-0.15, -0.1) is 0 Å². The molecule has 8 heterocycles. The van der Waals surface area contributed by atoms with Crippen LogP contribution in [0.25, 0.3) is 21.8 Å². The number of fused-ring (bicyclic) bond motifs is 4. The van der Waals surface area contributed by atoms with E-state index in [4.69, 9.17) is 0 Å². The summed E-state index contributed by atoms with van der Waals surface area (Å²) >= 11 is 0. The molecule has 2 saturated heterocycles. The maximum atomic E-state index is 13.6. The third-order valence-corrected chi connectivity index (χ3v) is 14.5. The molecule has 0 bridgehead atoms. The zero-order chi connectivity index (χ0) is 45.8. The van der Waals surface area contributed by atoms with Crippen LogP contribution < -0.4 is 19.6 Å². The lowest BCUT2D eigenvalue weighted by molar-refractivity contribution is 0.0952. The van der Waals surface area contributed by atoms with Gasteiger partial charge in [0.1, 0.15) is 5.69 Å². The summed E-state index contributed by atoms with van der Waals surface area (Å²) in [5.41, 5.74) is 10.7. The molecule has 2 atom stereocenters. The fourth-order valence-corrected chi connectivity index (χ4v) is 11.0. The van der Waals surface area contributed by atoms with Gasteiger partial charge < -0.3 is 29.6 Å². The third kappa shape index (κ3) is 8.85. The predicted octanol–water partition coefficient (Wildman–Crippen LogP) is 8.69. The number of carbonyl (C=O) groups is 2. The van der Waals surface area contributed by atoms with E-state index < -0.39 is 0 Å². The van der Waals surface area contributed by atoms with E-state index in [1.165, 1.54) is 44.3 Å².